The summed E-state index contributed by atoms with van der Waals surface area (Å²) in [6.45, 7) is 6.84. The molecule has 2 rings (SSSR count). The molecule has 1 atom stereocenters. The van der Waals surface area contributed by atoms with E-state index in [1.165, 1.54) is 0 Å². The molecule has 1 heterocycles. The topological polar surface area (TPSA) is 46.8 Å². The molecule has 4 nitrogen and oxygen atoms in total. The third kappa shape index (κ3) is 4.38. The van der Waals surface area contributed by atoms with Crippen molar-refractivity contribution in [3.8, 4) is 5.75 Å². The molecule has 0 spiro atoms. The number of benzene rings is 1. The Hall–Kier alpha value is -2.23. The van der Waals surface area contributed by atoms with E-state index in [9.17, 15) is 0 Å². The van der Waals surface area contributed by atoms with E-state index < -0.39 is 0 Å². The highest BCUT2D eigenvalue weighted by Crippen LogP contribution is 2.17. The lowest BCUT2D eigenvalue weighted by atomic mass is 10.2. The third-order valence-corrected chi connectivity index (χ3v) is 3.12. The van der Waals surface area contributed by atoms with E-state index in [-0.39, 0.29) is 6.04 Å². The van der Waals surface area contributed by atoms with Crippen LogP contribution in [0, 0.1) is 0 Å². The van der Waals surface area contributed by atoms with E-state index >= 15 is 0 Å². The van der Waals surface area contributed by atoms with E-state index in [0.717, 1.165) is 29.5 Å². The first kappa shape index (κ1) is 15.2. The number of aliphatic imine (C=N–C) groups is 1. The van der Waals surface area contributed by atoms with Crippen LogP contribution in [0.25, 0.3) is 0 Å². The molecule has 0 saturated carbocycles. The Morgan fingerprint density at radius 2 is 2.00 bits per heavy atom. The summed E-state index contributed by atoms with van der Waals surface area (Å²) in [7, 11) is 0. The summed E-state index contributed by atoms with van der Waals surface area (Å²) in [6.07, 6.45) is 2.64. The Balaban J connectivity index is 2.17. The summed E-state index contributed by atoms with van der Waals surface area (Å²) in [4.78, 5) is 4.67. The van der Waals surface area contributed by atoms with Crippen molar-refractivity contribution in [1.29, 1.82) is 0 Å². The van der Waals surface area contributed by atoms with Crippen molar-refractivity contribution in [3.63, 3.8) is 0 Å². The second-order valence-corrected chi connectivity index (χ2v) is 4.79. The van der Waals surface area contributed by atoms with Gasteiger partial charge in [-0.05, 0) is 56.7 Å². The van der Waals surface area contributed by atoms with Crippen LogP contribution in [0.1, 0.15) is 33.0 Å². The maximum Gasteiger partial charge on any atom is 0.169 e. The number of amidine groups is 1. The minimum Gasteiger partial charge on any atom is -0.494 e. The average Bonchev–Trinajstić information content (AvgIpc) is 3.03. The van der Waals surface area contributed by atoms with E-state index in [4.69, 9.17) is 9.15 Å². The summed E-state index contributed by atoms with van der Waals surface area (Å²) in [5.74, 6) is 2.35. The molecule has 0 aliphatic rings. The molecular formula is C17H22N2O2. The van der Waals surface area contributed by atoms with Crippen LogP contribution in [0.5, 0.6) is 5.75 Å². The zero-order valence-corrected chi connectivity index (χ0v) is 12.8. The second-order valence-electron chi connectivity index (χ2n) is 4.79. The zero-order valence-electron chi connectivity index (χ0n) is 12.8. The second kappa shape index (κ2) is 7.53. The van der Waals surface area contributed by atoms with Gasteiger partial charge in [0.1, 0.15) is 5.75 Å². The van der Waals surface area contributed by atoms with Crippen molar-refractivity contribution in [2.45, 2.75) is 33.2 Å². The van der Waals surface area contributed by atoms with Crippen LogP contribution in [0.2, 0.25) is 0 Å². The number of hydrogen-bond donors (Lipinski definition) is 1. The number of furan rings is 1. The van der Waals surface area contributed by atoms with Gasteiger partial charge in [0.05, 0.1) is 12.9 Å². The van der Waals surface area contributed by atoms with Crippen LogP contribution < -0.4 is 10.1 Å². The Kier molecular flexibility index (Phi) is 5.43. The van der Waals surface area contributed by atoms with Gasteiger partial charge < -0.3 is 14.5 Å². The lowest BCUT2D eigenvalue weighted by Gasteiger charge is -2.11. The van der Waals surface area contributed by atoms with E-state index in [2.05, 4.69) is 24.2 Å². The van der Waals surface area contributed by atoms with Crippen molar-refractivity contribution < 1.29 is 9.15 Å². The third-order valence-electron chi connectivity index (χ3n) is 3.12. The number of ether oxygens (including phenoxy) is 1. The van der Waals surface area contributed by atoms with Crippen molar-refractivity contribution >= 4 is 11.5 Å². The lowest BCUT2D eigenvalue weighted by Crippen LogP contribution is -2.16. The molecule has 1 aromatic heterocycles. The van der Waals surface area contributed by atoms with Gasteiger partial charge in [0.15, 0.2) is 11.6 Å². The Morgan fingerprint density at radius 1 is 1.24 bits per heavy atom. The van der Waals surface area contributed by atoms with Gasteiger partial charge in [0.25, 0.3) is 0 Å². The van der Waals surface area contributed by atoms with E-state index in [0.29, 0.717) is 6.61 Å². The summed E-state index contributed by atoms with van der Waals surface area (Å²) in [5, 5.41) is 3.32. The van der Waals surface area contributed by atoms with Crippen LogP contribution in [0.4, 0.5) is 5.69 Å². The number of rotatable bonds is 6. The van der Waals surface area contributed by atoms with Gasteiger partial charge in [0.2, 0.25) is 0 Å². The normalized spacial score (nSPS) is 13.0. The Bertz CT molecular complexity index is 559. The largest absolute Gasteiger partial charge is 0.494 e. The Morgan fingerprint density at radius 3 is 2.57 bits per heavy atom. The molecule has 1 N–H and O–H groups in total. The summed E-state index contributed by atoms with van der Waals surface area (Å²) in [6, 6.07) is 11.8. The molecule has 2 aromatic rings. The van der Waals surface area contributed by atoms with Gasteiger partial charge in [-0.1, -0.05) is 6.92 Å². The fourth-order valence-electron chi connectivity index (χ4n) is 1.82. The van der Waals surface area contributed by atoms with Gasteiger partial charge in [-0.15, -0.1) is 0 Å². The maximum atomic E-state index is 5.46. The van der Waals surface area contributed by atoms with Gasteiger partial charge in [-0.2, -0.15) is 0 Å². The predicted octanol–water partition coefficient (Wildman–Crippen LogP) is 4.34. The highest BCUT2D eigenvalue weighted by atomic mass is 16.5. The molecule has 0 amide bonds. The van der Waals surface area contributed by atoms with E-state index in [1.54, 1.807) is 6.26 Å². The maximum absolute atomic E-state index is 5.46. The fourth-order valence-corrected chi connectivity index (χ4v) is 1.82. The van der Waals surface area contributed by atoms with Gasteiger partial charge in [-0.3, -0.25) is 4.99 Å². The first-order valence-electron chi connectivity index (χ1n) is 7.34. The molecule has 112 valence electrons. The molecule has 0 aliphatic heterocycles. The standard InChI is InChI=1S/C17H22N2O2/c1-4-13(3)18-17(16-7-6-12-21-16)19-14-8-10-15(11-9-14)20-5-2/h6-13H,4-5H2,1-3H3,(H,18,19). The molecular weight excluding hydrogens is 264 g/mol. The molecule has 1 unspecified atom stereocenters. The van der Waals surface area contributed by atoms with Gasteiger partial charge >= 0.3 is 0 Å². The number of nitrogens with zero attached hydrogens (tertiary/aromatic N) is 1. The van der Waals surface area contributed by atoms with Crippen LogP contribution in [0.15, 0.2) is 52.1 Å². The van der Waals surface area contributed by atoms with Gasteiger partial charge in [-0.25, -0.2) is 0 Å². The molecule has 0 fully saturated rings. The first-order chi connectivity index (χ1) is 10.2. The molecule has 4 heteroatoms. The number of nitrogens with one attached hydrogen (secondary N) is 1. The summed E-state index contributed by atoms with van der Waals surface area (Å²) in [5.41, 5.74) is 0.955. The predicted molar refractivity (Wildman–Crippen MR) is 86.2 cm³/mol. The fraction of sp³-hybridized carbons (Fsp3) is 0.353. The van der Waals surface area contributed by atoms with E-state index in [1.807, 2.05) is 43.3 Å². The van der Waals surface area contributed by atoms with Gasteiger partial charge in [0, 0.05) is 11.7 Å². The van der Waals surface area contributed by atoms with Crippen LogP contribution in [-0.2, 0) is 0 Å². The Labute approximate surface area is 125 Å². The minimum atomic E-state index is 0.236. The van der Waals surface area contributed by atoms with Crippen LogP contribution in [-0.4, -0.2) is 18.5 Å². The highest BCUT2D eigenvalue weighted by molar-refractivity contribution is 6.06. The molecule has 0 aliphatic carbocycles. The zero-order chi connectivity index (χ0) is 15.1. The van der Waals surface area contributed by atoms with Crippen LogP contribution in [0.3, 0.4) is 0 Å². The highest BCUT2D eigenvalue weighted by Gasteiger charge is 2.09. The molecule has 21 heavy (non-hydrogen) atoms. The summed E-state index contributed by atoms with van der Waals surface area (Å²) >= 11 is 0. The lowest BCUT2D eigenvalue weighted by molar-refractivity contribution is 0.340. The van der Waals surface area contributed by atoms with Crippen molar-refractivity contribution in [2.75, 3.05) is 11.9 Å². The molecule has 1 aromatic carbocycles. The van der Waals surface area contributed by atoms with Crippen molar-refractivity contribution in [3.05, 3.63) is 48.4 Å². The first-order valence-corrected chi connectivity index (χ1v) is 7.34. The number of anilines is 1. The summed E-state index contributed by atoms with van der Waals surface area (Å²) < 4.78 is 10.9. The number of hydrogen-bond acceptors (Lipinski definition) is 3. The minimum absolute atomic E-state index is 0.236. The quantitative estimate of drug-likeness (QED) is 0.635. The molecule has 0 bridgehead atoms. The average molecular weight is 286 g/mol. The molecule has 0 saturated heterocycles. The smallest absolute Gasteiger partial charge is 0.169 e. The van der Waals surface area contributed by atoms with Crippen molar-refractivity contribution in [1.82, 2.24) is 0 Å². The van der Waals surface area contributed by atoms with Crippen molar-refractivity contribution in [2.24, 2.45) is 4.99 Å². The monoisotopic (exact) mass is 286 g/mol. The SMILES string of the molecule is CCOc1ccc(NC(=NC(C)CC)c2ccco2)cc1. The molecule has 0 radical (unpaired) electrons. The van der Waals surface area contributed by atoms with Crippen LogP contribution >= 0.6 is 0 Å².